The highest BCUT2D eigenvalue weighted by atomic mass is 32.2. The third kappa shape index (κ3) is 16.4. The van der Waals surface area contributed by atoms with Gasteiger partial charge in [-0.3, -0.25) is 18.2 Å². The van der Waals surface area contributed by atoms with Crippen molar-refractivity contribution in [1.82, 2.24) is 29.9 Å². The van der Waals surface area contributed by atoms with E-state index in [9.17, 15) is 102 Å². The Morgan fingerprint density at radius 2 is 0.685 bits per heavy atom. The number of aryl methyl sites for hydroxylation is 2. The zero-order valence-corrected chi connectivity index (χ0v) is 57.8. The van der Waals surface area contributed by atoms with Crippen LogP contribution in [0.25, 0.3) is 32.7 Å². The third-order valence-corrected chi connectivity index (χ3v) is 18.9. The third-order valence-electron chi connectivity index (χ3n) is 15.5. The lowest BCUT2D eigenvalue weighted by atomic mass is 10.0. The molecule has 550 valence electrons. The summed E-state index contributed by atoms with van der Waals surface area (Å²) in [6.07, 6.45) is 0. The fourth-order valence-corrected chi connectivity index (χ4v) is 13.0. The van der Waals surface area contributed by atoms with E-state index < -0.39 is 185 Å². The van der Waals surface area contributed by atoms with Gasteiger partial charge in [-0.2, -0.15) is 63.6 Å². The average molecular weight is 1550 g/mol. The molecular weight excluding hydrogens is 1500 g/mol. The number of carboxylic acid groups (broad SMARTS) is 2. The molecule has 10 aromatic carbocycles. The van der Waals surface area contributed by atoms with Crippen LogP contribution in [0.15, 0.2) is 198 Å². The number of hydrogen-bond donors (Lipinski definition) is 18. The molecule has 0 saturated carbocycles. The van der Waals surface area contributed by atoms with Crippen molar-refractivity contribution in [3.8, 4) is 45.6 Å². The van der Waals surface area contributed by atoms with E-state index in [1.807, 2.05) is 0 Å². The second-order valence-electron chi connectivity index (χ2n) is 23.2. The first-order valence-corrected chi connectivity index (χ1v) is 36.1. The van der Waals surface area contributed by atoms with E-state index in [2.05, 4.69) is 82.3 Å². The number of rotatable bonds is 23. The molecule has 0 atom stereocenters. The number of aromatic carboxylic acids is 2. The molecule has 0 aliphatic heterocycles. The summed E-state index contributed by atoms with van der Waals surface area (Å²) in [5.74, 6) is -9.72. The van der Waals surface area contributed by atoms with E-state index >= 15 is 0 Å². The van der Waals surface area contributed by atoms with Gasteiger partial charge >= 0.3 is 11.9 Å². The van der Waals surface area contributed by atoms with Crippen LogP contribution in [0.2, 0.25) is 0 Å². The Balaban J connectivity index is 0.870. The SMILES string of the molecule is Cc1cccc(Nc2nc(Nc3ccc(O)c(C(=O)O)c3)nc(Nc3cc(S(=O)(=O)O)cc4cc(S(=O)(=O)O)c(N=Nc5ccc(-c6ccc(N=Nc7c(S(=O)(=O)O)cc8cc(S(=O)(=O)O)cc(Nc9nc(Nc%10cccc(C)c%10)nc(Nc%10ccc(O)c(C(=O)O)c%10)n9)c8c7O)c(O)c6)cc5O)c(O)c34)n2)c1. The molecule has 0 aliphatic rings. The van der Waals surface area contributed by atoms with Gasteiger partial charge in [0.1, 0.15) is 66.7 Å². The van der Waals surface area contributed by atoms with Gasteiger partial charge in [-0.15, -0.1) is 20.5 Å². The van der Waals surface area contributed by atoms with Crippen molar-refractivity contribution in [2.45, 2.75) is 33.4 Å². The second-order valence-corrected chi connectivity index (χ2v) is 28.8. The first-order valence-electron chi connectivity index (χ1n) is 30.4. The Hall–Kier alpha value is -13.9. The summed E-state index contributed by atoms with van der Waals surface area (Å²) < 4.78 is 145. The van der Waals surface area contributed by atoms with E-state index in [4.69, 9.17) is 0 Å². The predicted molar refractivity (Wildman–Crippen MR) is 386 cm³/mol. The first kappa shape index (κ1) is 73.9. The van der Waals surface area contributed by atoms with Crippen LogP contribution in [0.4, 0.5) is 92.6 Å². The van der Waals surface area contributed by atoms with Gasteiger partial charge in [0.05, 0.1) is 21.2 Å². The number of fused-ring (bicyclic) bond motifs is 2. The van der Waals surface area contributed by atoms with E-state index in [-0.39, 0.29) is 46.3 Å². The van der Waals surface area contributed by atoms with Crippen molar-refractivity contribution in [3.63, 3.8) is 0 Å². The molecule has 0 bridgehead atoms. The minimum Gasteiger partial charge on any atom is -0.507 e. The van der Waals surface area contributed by atoms with E-state index in [1.165, 1.54) is 24.3 Å². The topological polar surface area (TPSA) is 612 Å². The Bertz CT molecular complexity index is 5980. The zero-order valence-electron chi connectivity index (χ0n) is 54.6. The fourth-order valence-electron chi connectivity index (χ4n) is 10.6. The number of azo groups is 2. The standard InChI is InChI=1S/C66H50N16O22S4/c1-29-5-3-7-35(17-29)67-61-73-63(69-37-11-15-47(83)41(25-37)59(89)90)77-65(75-61)71-45-27-39(105(93,94)95)19-33-23-51(107(99,100)101)55(57(87)53(33)45)81-79-43-13-9-31(21-49(43)85)32-10-14-44(50(86)22-32)80-82-56-52(108(102,103)104)24-34-20-40(106(96,97)98)28-46(54(34)58(56)88)72-66-76-62(68-36-8-4-6-30(2)18-36)74-64(78-66)70-38-12-16-48(84)42(26-38)60(91)92/h3-28,83-88H,1-2H3,(H,89,90)(H,91,92)(H,93,94,95)(H,96,97,98)(H,99,100,101)(H,102,103,104)(H3,67,69,71,73,75,77)(H3,68,70,72,74,76,78). The number of phenolic OH excluding ortho intramolecular Hbond substituents is 4. The van der Waals surface area contributed by atoms with Gasteiger partial charge in [0.15, 0.2) is 11.5 Å². The number of hydrogen-bond acceptors (Lipinski definition) is 32. The Morgan fingerprint density at radius 3 is 0.991 bits per heavy atom. The number of nitrogens with zero attached hydrogens (tertiary/aromatic N) is 10. The van der Waals surface area contributed by atoms with Crippen LogP contribution in [-0.2, 0) is 40.5 Å². The van der Waals surface area contributed by atoms with Crippen molar-refractivity contribution in [2.75, 3.05) is 31.9 Å². The summed E-state index contributed by atoms with van der Waals surface area (Å²) in [5, 5.41) is 117. The van der Waals surface area contributed by atoms with Crippen LogP contribution in [-0.4, -0.2) is 135 Å². The van der Waals surface area contributed by atoms with Crippen molar-refractivity contribution < 1.29 is 102 Å². The van der Waals surface area contributed by atoms with Gasteiger partial charge in [0.25, 0.3) is 40.5 Å². The molecule has 2 aromatic heterocycles. The number of carbonyl (C=O) groups is 2. The summed E-state index contributed by atoms with van der Waals surface area (Å²) in [6.45, 7) is 3.59. The maximum absolute atomic E-state index is 13.1. The van der Waals surface area contributed by atoms with Crippen molar-refractivity contribution in [3.05, 3.63) is 180 Å². The van der Waals surface area contributed by atoms with Crippen LogP contribution in [0, 0.1) is 13.8 Å². The van der Waals surface area contributed by atoms with Crippen molar-refractivity contribution in [2.24, 2.45) is 20.5 Å². The Labute approximate surface area is 606 Å². The molecule has 0 saturated heterocycles. The number of nitrogens with one attached hydrogen (secondary N) is 6. The molecule has 0 spiro atoms. The van der Waals surface area contributed by atoms with Gasteiger partial charge < -0.3 is 72.8 Å². The monoisotopic (exact) mass is 1550 g/mol. The van der Waals surface area contributed by atoms with Crippen LogP contribution >= 0.6 is 0 Å². The number of anilines is 12. The molecule has 0 unspecified atom stereocenters. The van der Waals surface area contributed by atoms with E-state index in [1.54, 1.807) is 62.4 Å². The van der Waals surface area contributed by atoms with Crippen LogP contribution in [0.3, 0.4) is 0 Å². The highest BCUT2D eigenvalue weighted by Crippen LogP contribution is 2.49. The highest BCUT2D eigenvalue weighted by molar-refractivity contribution is 7.86. The van der Waals surface area contributed by atoms with Gasteiger partial charge in [-0.05, 0) is 168 Å². The molecule has 0 fully saturated rings. The Kier molecular flexibility index (Phi) is 19.6. The summed E-state index contributed by atoms with van der Waals surface area (Å²) in [6, 6.07) is 31.9. The molecule has 42 heteroatoms. The van der Waals surface area contributed by atoms with Gasteiger partial charge in [0, 0.05) is 33.5 Å². The maximum Gasteiger partial charge on any atom is 0.339 e. The molecule has 0 radical (unpaired) electrons. The minimum atomic E-state index is -5.45. The molecule has 0 amide bonds. The van der Waals surface area contributed by atoms with E-state index in [0.29, 0.717) is 23.5 Å². The smallest absolute Gasteiger partial charge is 0.339 e. The van der Waals surface area contributed by atoms with Gasteiger partial charge in [0.2, 0.25) is 35.7 Å². The molecular formula is C66H50N16O22S4. The Morgan fingerprint density at radius 1 is 0.352 bits per heavy atom. The summed E-state index contributed by atoms with van der Waals surface area (Å²) in [4.78, 5) is 45.6. The average Bonchev–Trinajstić information content (AvgIpc) is 0.750. The molecule has 18 N–H and O–H groups in total. The summed E-state index contributed by atoms with van der Waals surface area (Å²) in [5.41, 5.74) is -2.06. The first-order chi connectivity index (χ1) is 50.9. The lowest BCUT2D eigenvalue weighted by molar-refractivity contribution is 0.0682. The zero-order chi connectivity index (χ0) is 77.6. The van der Waals surface area contributed by atoms with Crippen molar-refractivity contribution >= 4 is 167 Å². The van der Waals surface area contributed by atoms with Crippen LogP contribution in [0.1, 0.15) is 31.8 Å². The quantitative estimate of drug-likeness (QED) is 0.0161. The molecule has 108 heavy (non-hydrogen) atoms. The molecule has 0 aliphatic carbocycles. The van der Waals surface area contributed by atoms with Gasteiger partial charge in [-0.25, -0.2) is 9.59 Å². The van der Waals surface area contributed by atoms with Crippen LogP contribution < -0.4 is 31.9 Å². The number of aromatic hydroxyl groups is 6. The summed E-state index contributed by atoms with van der Waals surface area (Å²) in [7, 11) is -21.3. The number of carboxylic acids is 2. The number of aromatic nitrogens is 6. The molecule has 12 rings (SSSR count). The minimum absolute atomic E-state index is 0.0387. The highest BCUT2D eigenvalue weighted by Gasteiger charge is 2.29. The normalized spacial score (nSPS) is 12.0. The molecule has 38 nitrogen and oxygen atoms in total. The largest absolute Gasteiger partial charge is 0.507 e. The van der Waals surface area contributed by atoms with Crippen molar-refractivity contribution in [1.29, 1.82) is 0 Å². The number of benzene rings is 10. The summed E-state index contributed by atoms with van der Waals surface area (Å²) >= 11 is 0. The second kappa shape index (κ2) is 28.6. The lowest BCUT2D eigenvalue weighted by Crippen LogP contribution is -2.09. The molecule has 12 aromatic rings. The lowest BCUT2D eigenvalue weighted by Gasteiger charge is -2.16. The maximum atomic E-state index is 13.1. The van der Waals surface area contributed by atoms with E-state index in [0.717, 1.165) is 83.9 Å². The molecule has 2 heterocycles. The number of phenols is 6. The van der Waals surface area contributed by atoms with Crippen LogP contribution in [0.5, 0.6) is 34.5 Å². The van der Waals surface area contributed by atoms with Gasteiger partial charge in [-0.1, -0.05) is 36.4 Å². The predicted octanol–water partition coefficient (Wildman–Crippen LogP) is 12.6. The fraction of sp³-hybridized carbons (Fsp3) is 0.0303.